The third-order valence-corrected chi connectivity index (χ3v) is 2.94. The van der Waals surface area contributed by atoms with E-state index >= 15 is 0 Å². The number of imidazole rings is 1. The molecule has 0 spiro atoms. The van der Waals surface area contributed by atoms with Gasteiger partial charge in [0.1, 0.15) is 5.76 Å². The van der Waals surface area contributed by atoms with Crippen molar-refractivity contribution in [2.45, 2.75) is 19.4 Å². The third kappa shape index (κ3) is 1.73. The fraction of sp³-hybridized carbons (Fsp3) is 0.214. The van der Waals surface area contributed by atoms with E-state index in [1.165, 1.54) is 0 Å². The van der Waals surface area contributed by atoms with Gasteiger partial charge in [-0.15, -0.1) is 0 Å². The van der Waals surface area contributed by atoms with Crippen LogP contribution in [-0.4, -0.2) is 9.55 Å². The first kappa shape index (κ1) is 10.1. The Kier molecular flexibility index (Phi) is 2.44. The van der Waals surface area contributed by atoms with E-state index in [1.54, 1.807) is 0 Å². The van der Waals surface area contributed by atoms with Crippen molar-refractivity contribution >= 4 is 12.0 Å². The smallest absolute Gasteiger partial charge is 0.156 e. The van der Waals surface area contributed by atoms with Crippen molar-refractivity contribution in [2.24, 2.45) is 0 Å². The van der Waals surface area contributed by atoms with E-state index < -0.39 is 0 Å². The summed E-state index contributed by atoms with van der Waals surface area (Å²) in [5.41, 5.74) is 1.10. The highest BCUT2D eigenvalue weighted by Crippen LogP contribution is 2.32. The Morgan fingerprint density at radius 3 is 2.88 bits per heavy atom. The monoisotopic (exact) mass is 226 g/mol. The van der Waals surface area contributed by atoms with Crippen molar-refractivity contribution < 1.29 is 4.74 Å². The Balaban J connectivity index is 2.04. The molecule has 3 nitrogen and oxygen atoms in total. The lowest BCUT2D eigenvalue weighted by Gasteiger charge is -2.24. The summed E-state index contributed by atoms with van der Waals surface area (Å²) in [5, 5.41) is 0. The van der Waals surface area contributed by atoms with E-state index in [0.717, 1.165) is 23.6 Å². The van der Waals surface area contributed by atoms with Gasteiger partial charge in [0.05, 0.1) is 6.20 Å². The summed E-state index contributed by atoms with van der Waals surface area (Å²) in [6.45, 7) is 2.11. The lowest BCUT2D eigenvalue weighted by Crippen LogP contribution is -2.13. The van der Waals surface area contributed by atoms with Gasteiger partial charge in [0.25, 0.3) is 0 Å². The van der Waals surface area contributed by atoms with Gasteiger partial charge in [0.2, 0.25) is 0 Å². The standard InChI is InChI=1S/C14H14N2O/c1-2-12-14-15-8-9-16(14)10-13(17-12)11-6-4-3-5-7-11/h3-10,12H,2H2,1H3. The predicted molar refractivity (Wildman–Crippen MR) is 67.0 cm³/mol. The summed E-state index contributed by atoms with van der Waals surface area (Å²) in [5.74, 6) is 1.88. The van der Waals surface area contributed by atoms with Gasteiger partial charge >= 0.3 is 0 Å². The lowest BCUT2D eigenvalue weighted by molar-refractivity contribution is 0.149. The molecule has 0 saturated carbocycles. The zero-order valence-corrected chi connectivity index (χ0v) is 9.71. The van der Waals surface area contributed by atoms with Crippen LogP contribution in [0.2, 0.25) is 0 Å². The van der Waals surface area contributed by atoms with E-state index in [4.69, 9.17) is 4.74 Å². The first-order valence-corrected chi connectivity index (χ1v) is 5.85. The Hall–Kier alpha value is -2.03. The largest absolute Gasteiger partial charge is 0.480 e. The predicted octanol–water partition coefficient (Wildman–Crippen LogP) is 3.32. The normalized spacial score (nSPS) is 18.2. The molecule has 1 aromatic carbocycles. The summed E-state index contributed by atoms with van der Waals surface area (Å²) in [4.78, 5) is 4.33. The van der Waals surface area contributed by atoms with Crippen LogP contribution in [0.1, 0.15) is 30.8 Å². The highest BCUT2D eigenvalue weighted by Gasteiger charge is 2.22. The number of nitrogens with zero attached hydrogens (tertiary/aromatic N) is 2. The van der Waals surface area contributed by atoms with Crippen molar-refractivity contribution in [2.75, 3.05) is 0 Å². The molecule has 3 rings (SSSR count). The first-order chi connectivity index (χ1) is 8.38. The van der Waals surface area contributed by atoms with Crippen LogP contribution in [0.25, 0.3) is 12.0 Å². The molecule has 17 heavy (non-hydrogen) atoms. The number of hydrogen-bond acceptors (Lipinski definition) is 2. The van der Waals surface area contributed by atoms with E-state index in [-0.39, 0.29) is 6.10 Å². The minimum absolute atomic E-state index is 0.0465. The lowest BCUT2D eigenvalue weighted by atomic mass is 10.1. The summed E-state index contributed by atoms with van der Waals surface area (Å²) in [6.07, 6.45) is 6.73. The molecular weight excluding hydrogens is 212 g/mol. The van der Waals surface area contributed by atoms with E-state index in [9.17, 15) is 0 Å². The molecule has 0 amide bonds. The molecular formula is C14H14N2O. The highest BCUT2D eigenvalue weighted by molar-refractivity contribution is 5.71. The number of benzene rings is 1. The van der Waals surface area contributed by atoms with E-state index in [1.807, 2.05) is 41.4 Å². The molecule has 0 saturated heterocycles. The fourth-order valence-electron chi connectivity index (χ4n) is 2.06. The highest BCUT2D eigenvalue weighted by atomic mass is 16.5. The average molecular weight is 226 g/mol. The number of fused-ring (bicyclic) bond motifs is 1. The maximum absolute atomic E-state index is 5.98. The molecule has 1 aliphatic rings. The van der Waals surface area contributed by atoms with Crippen molar-refractivity contribution in [3.05, 3.63) is 54.1 Å². The Bertz CT molecular complexity index is 542. The van der Waals surface area contributed by atoms with Crippen LogP contribution in [-0.2, 0) is 4.74 Å². The van der Waals surface area contributed by atoms with Gasteiger partial charge in [-0.3, -0.25) is 0 Å². The Morgan fingerprint density at radius 2 is 2.12 bits per heavy atom. The van der Waals surface area contributed by atoms with Crippen LogP contribution in [0.4, 0.5) is 0 Å². The van der Waals surface area contributed by atoms with Crippen molar-refractivity contribution in [1.82, 2.24) is 9.55 Å². The second-order valence-corrected chi connectivity index (χ2v) is 4.07. The van der Waals surface area contributed by atoms with Crippen LogP contribution in [0.15, 0.2) is 42.7 Å². The van der Waals surface area contributed by atoms with Crippen molar-refractivity contribution in [3.8, 4) is 0 Å². The van der Waals surface area contributed by atoms with Crippen LogP contribution in [0, 0.1) is 0 Å². The zero-order chi connectivity index (χ0) is 11.7. The van der Waals surface area contributed by atoms with Crippen LogP contribution in [0.3, 0.4) is 0 Å². The molecule has 1 unspecified atom stereocenters. The Morgan fingerprint density at radius 1 is 1.29 bits per heavy atom. The number of aromatic nitrogens is 2. The molecule has 1 aromatic heterocycles. The molecule has 0 fully saturated rings. The number of hydrogen-bond donors (Lipinski definition) is 0. The van der Waals surface area contributed by atoms with Gasteiger partial charge in [-0.2, -0.15) is 0 Å². The second-order valence-electron chi connectivity index (χ2n) is 4.07. The molecule has 1 aliphatic heterocycles. The molecule has 86 valence electrons. The molecule has 0 aliphatic carbocycles. The van der Waals surface area contributed by atoms with E-state index in [2.05, 4.69) is 24.0 Å². The van der Waals surface area contributed by atoms with Crippen molar-refractivity contribution in [3.63, 3.8) is 0 Å². The molecule has 2 aromatic rings. The van der Waals surface area contributed by atoms with Crippen LogP contribution < -0.4 is 0 Å². The summed E-state index contributed by atoms with van der Waals surface area (Å²) in [7, 11) is 0. The van der Waals surface area contributed by atoms with Gasteiger partial charge in [-0.05, 0) is 6.42 Å². The first-order valence-electron chi connectivity index (χ1n) is 5.85. The van der Waals surface area contributed by atoms with Gasteiger partial charge in [-0.1, -0.05) is 37.3 Å². The summed E-state index contributed by atoms with van der Waals surface area (Å²) in [6, 6.07) is 10.2. The average Bonchev–Trinajstić information content (AvgIpc) is 2.86. The minimum atomic E-state index is 0.0465. The quantitative estimate of drug-likeness (QED) is 0.785. The van der Waals surface area contributed by atoms with Gasteiger partial charge in [0, 0.05) is 18.0 Å². The molecule has 1 atom stereocenters. The molecule has 0 radical (unpaired) electrons. The topological polar surface area (TPSA) is 27.1 Å². The molecule has 2 heterocycles. The molecule has 0 bridgehead atoms. The van der Waals surface area contributed by atoms with Gasteiger partial charge in [0.15, 0.2) is 11.9 Å². The van der Waals surface area contributed by atoms with Crippen LogP contribution >= 0.6 is 0 Å². The number of rotatable bonds is 2. The Labute approximate surface area is 100 Å². The minimum Gasteiger partial charge on any atom is -0.480 e. The SMILES string of the molecule is CCC1OC(c2ccccc2)=Cn2ccnc21. The summed E-state index contributed by atoms with van der Waals surface area (Å²) < 4.78 is 8.03. The molecule has 0 N–H and O–H groups in total. The summed E-state index contributed by atoms with van der Waals surface area (Å²) >= 11 is 0. The van der Waals surface area contributed by atoms with E-state index in [0.29, 0.717) is 0 Å². The van der Waals surface area contributed by atoms with Crippen LogP contribution in [0.5, 0.6) is 0 Å². The van der Waals surface area contributed by atoms with Gasteiger partial charge < -0.3 is 9.30 Å². The zero-order valence-electron chi connectivity index (χ0n) is 9.71. The molecule has 3 heteroatoms. The van der Waals surface area contributed by atoms with Crippen molar-refractivity contribution in [1.29, 1.82) is 0 Å². The maximum atomic E-state index is 5.98. The third-order valence-electron chi connectivity index (χ3n) is 2.94. The van der Waals surface area contributed by atoms with Gasteiger partial charge in [-0.25, -0.2) is 4.98 Å². The second kappa shape index (κ2) is 4.09. The number of ether oxygens (including phenoxy) is 1. The maximum Gasteiger partial charge on any atom is 0.156 e. The fourth-order valence-corrected chi connectivity index (χ4v) is 2.06.